The average molecular weight is 309 g/mol. The van der Waals surface area contributed by atoms with Crippen molar-refractivity contribution < 1.29 is 4.79 Å². The van der Waals surface area contributed by atoms with Crippen molar-refractivity contribution in [3.05, 3.63) is 54.4 Å². The van der Waals surface area contributed by atoms with Gasteiger partial charge in [-0.3, -0.25) is 4.79 Å². The van der Waals surface area contributed by atoms with Gasteiger partial charge >= 0.3 is 0 Å². The smallest absolute Gasteiger partial charge is 0.247 e. The third-order valence-electron chi connectivity index (χ3n) is 4.38. The van der Waals surface area contributed by atoms with E-state index in [4.69, 9.17) is 4.98 Å². The molecule has 1 aromatic heterocycles. The number of hydrogen-bond donors (Lipinski definition) is 0. The summed E-state index contributed by atoms with van der Waals surface area (Å²) in [7, 11) is 0. The van der Waals surface area contributed by atoms with Crippen LogP contribution in [-0.2, 0) is 11.3 Å². The number of fused-ring (bicyclic) bond motifs is 1. The molecule has 4 heteroatoms. The number of hydrogen-bond acceptors (Lipinski definition) is 2. The van der Waals surface area contributed by atoms with E-state index in [0.29, 0.717) is 0 Å². The van der Waals surface area contributed by atoms with Crippen molar-refractivity contribution in [3.63, 3.8) is 0 Å². The first kappa shape index (κ1) is 15.5. The normalized spacial score (nSPS) is 18.7. The molecule has 0 saturated carbocycles. The topological polar surface area (TPSA) is 38.1 Å². The predicted molar refractivity (Wildman–Crippen MR) is 93.0 cm³/mol. The lowest BCUT2D eigenvalue weighted by molar-refractivity contribution is -0.127. The monoisotopic (exact) mass is 309 g/mol. The Morgan fingerprint density at radius 1 is 1.35 bits per heavy atom. The fraction of sp³-hybridized carbons (Fsp3) is 0.368. The molecule has 120 valence electrons. The lowest BCUT2D eigenvalue weighted by Crippen LogP contribution is -2.30. The van der Waals surface area contributed by atoms with E-state index in [1.54, 1.807) is 12.2 Å². The number of allylic oxidation sites excluding steroid dienone is 3. The Hall–Kier alpha value is -2.36. The van der Waals surface area contributed by atoms with E-state index in [1.807, 2.05) is 42.2 Å². The van der Waals surface area contributed by atoms with Crippen molar-refractivity contribution >= 4 is 16.9 Å². The Balaban J connectivity index is 1.95. The van der Waals surface area contributed by atoms with Crippen LogP contribution in [0.2, 0.25) is 0 Å². The lowest BCUT2D eigenvalue weighted by atomic mass is 10.2. The molecule has 1 fully saturated rings. The number of rotatable bonds is 4. The average Bonchev–Trinajstić information content (AvgIpc) is 3.18. The molecule has 1 atom stereocenters. The number of aryl methyl sites for hydroxylation is 1. The van der Waals surface area contributed by atoms with Gasteiger partial charge in [-0.15, -0.1) is 0 Å². The minimum absolute atomic E-state index is 0.0697. The molecule has 23 heavy (non-hydrogen) atoms. The minimum atomic E-state index is 0.0697. The van der Waals surface area contributed by atoms with Gasteiger partial charge in [-0.05, 0) is 38.8 Å². The molecule has 0 aliphatic carbocycles. The number of imidazole rings is 1. The molecule has 2 heterocycles. The highest BCUT2D eigenvalue weighted by atomic mass is 16.2. The highest BCUT2D eigenvalue weighted by molar-refractivity contribution is 5.88. The summed E-state index contributed by atoms with van der Waals surface area (Å²) in [5, 5.41) is 0. The van der Waals surface area contributed by atoms with Crippen LogP contribution in [0, 0.1) is 0 Å². The minimum Gasteiger partial charge on any atom is -0.329 e. The second kappa shape index (κ2) is 6.82. The second-order valence-corrected chi connectivity index (χ2v) is 5.78. The maximum Gasteiger partial charge on any atom is 0.247 e. The number of para-hydroxylation sites is 2. The van der Waals surface area contributed by atoms with Crippen molar-refractivity contribution in [2.45, 2.75) is 39.3 Å². The van der Waals surface area contributed by atoms with Crippen LogP contribution < -0.4 is 0 Å². The van der Waals surface area contributed by atoms with Gasteiger partial charge in [0.05, 0.1) is 17.1 Å². The molecular formula is C19H23N3O. The molecule has 0 N–H and O–H groups in total. The summed E-state index contributed by atoms with van der Waals surface area (Å²) >= 11 is 0. The number of nitrogens with zero attached hydrogens (tertiary/aromatic N) is 3. The lowest BCUT2D eigenvalue weighted by Gasteiger charge is -2.23. The van der Waals surface area contributed by atoms with Gasteiger partial charge in [0.15, 0.2) is 0 Å². The number of carbonyl (C=O) groups is 1. The molecule has 1 aromatic carbocycles. The molecule has 0 spiro atoms. The van der Waals surface area contributed by atoms with Crippen molar-refractivity contribution in [1.82, 2.24) is 14.5 Å². The number of benzene rings is 1. The summed E-state index contributed by atoms with van der Waals surface area (Å²) in [6.45, 7) is 5.74. The van der Waals surface area contributed by atoms with Crippen LogP contribution in [0.1, 0.15) is 38.6 Å². The maximum absolute atomic E-state index is 12.5. The number of amides is 1. The van der Waals surface area contributed by atoms with E-state index in [0.717, 1.165) is 42.8 Å². The van der Waals surface area contributed by atoms with Crippen LogP contribution in [0.4, 0.5) is 0 Å². The molecule has 1 amide bonds. The fourth-order valence-electron chi connectivity index (χ4n) is 3.32. The van der Waals surface area contributed by atoms with E-state index in [1.165, 1.54) is 0 Å². The molecule has 1 aliphatic rings. The third kappa shape index (κ3) is 2.93. The summed E-state index contributed by atoms with van der Waals surface area (Å²) in [6, 6.07) is 8.26. The highest BCUT2D eigenvalue weighted by Crippen LogP contribution is 2.33. The van der Waals surface area contributed by atoms with E-state index in [9.17, 15) is 4.79 Å². The van der Waals surface area contributed by atoms with Gasteiger partial charge in [-0.2, -0.15) is 0 Å². The van der Waals surface area contributed by atoms with Crippen LogP contribution in [0.3, 0.4) is 0 Å². The first-order valence-electron chi connectivity index (χ1n) is 8.31. The standard InChI is InChI=1S/C19H23N3O/c1-3-5-6-13-18(23)22-14-9-12-17(22)19-20-15-10-7-8-11-16(15)21(19)4-2/h3,5-8,10-11,13,17H,4,9,12,14H2,1-2H3/b5-3+,13-6+/t17-/m1/s1. The molecule has 1 saturated heterocycles. The molecule has 4 nitrogen and oxygen atoms in total. The molecule has 0 bridgehead atoms. The molecule has 3 rings (SSSR count). The molecule has 1 aliphatic heterocycles. The Bertz CT molecular complexity index is 757. The first-order chi connectivity index (χ1) is 11.3. The van der Waals surface area contributed by atoms with Gasteiger partial charge in [0.25, 0.3) is 0 Å². The van der Waals surface area contributed by atoms with Gasteiger partial charge in [0, 0.05) is 19.2 Å². The van der Waals surface area contributed by atoms with Crippen LogP contribution in [0.5, 0.6) is 0 Å². The zero-order valence-electron chi connectivity index (χ0n) is 13.8. The van der Waals surface area contributed by atoms with Crippen molar-refractivity contribution in [2.24, 2.45) is 0 Å². The van der Waals surface area contributed by atoms with Gasteiger partial charge < -0.3 is 9.47 Å². The number of carbonyl (C=O) groups excluding carboxylic acids is 1. The van der Waals surface area contributed by atoms with Crippen LogP contribution in [-0.4, -0.2) is 26.9 Å². The van der Waals surface area contributed by atoms with E-state index in [2.05, 4.69) is 17.6 Å². The fourth-order valence-corrected chi connectivity index (χ4v) is 3.32. The second-order valence-electron chi connectivity index (χ2n) is 5.78. The maximum atomic E-state index is 12.5. The first-order valence-corrected chi connectivity index (χ1v) is 8.31. The predicted octanol–water partition coefficient (Wildman–Crippen LogP) is 3.85. The summed E-state index contributed by atoms with van der Waals surface area (Å²) in [4.78, 5) is 19.3. The van der Waals surface area contributed by atoms with E-state index in [-0.39, 0.29) is 11.9 Å². The van der Waals surface area contributed by atoms with Crippen LogP contribution >= 0.6 is 0 Å². The Morgan fingerprint density at radius 2 is 2.17 bits per heavy atom. The zero-order valence-corrected chi connectivity index (χ0v) is 13.8. The quantitative estimate of drug-likeness (QED) is 0.635. The Morgan fingerprint density at radius 3 is 2.96 bits per heavy atom. The van der Waals surface area contributed by atoms with Gasteiger partial charge in [0.1, 0.15) is 5.82 Å². The molecule has 2 aromatic rings. The van der Waals surface area contributed by atoms with Gasteiger partial charge in [-0.25, -0.2) is 4.98 Å². The highest BCUT2D eigenvalue weighted by Gasteiger charge is 2.32. The largest absolute Gasteiger partial charge is 0.329 e. The summed E-state index contributed by atoms with van der Waals surface area (Å²) in [6.07, 6.45) is 9.26. The van der Waals surface area contributed by atoms with Crippen LogP contribution in [0.25, 0.3) is 11.0 Å². The van der Waals surface area contributed by atoms with Gasteiger partial charge in [0.2, 0.25) is 5.91 Å². The number of likely N-dealkylation sites (tertiary alicyclic amines) is 1. The SMILES string of the molecule is C/C=C/C=C/C(=O)N1CCC[C@@H]1c1nc2ccccc2n1CC. The summed E-state index contributed by atoms with van der Waals surface area (Å²) < 4.78 is 2.24. The third-order valence-corrected chi connectivity index (χ3v) is 4.38. The van der Waals surface area contributed by atoms with E-state index < -0.39 is 0 Å². The molecule has 0 radical (unpaired) electrons. The Kier molecular flexibility index (Phi) is 4.60. The van der Waals surface area contributed by atoms with E-state index >= 15 is 0 Å². The molecule has 0 unspecified atom stereocenters. The van der Waals surface area contributed by atoms with Crippen LogP contribution in [0.15, 0.2) is 48.6 Å². The Labute approximate surface area is 137 Å². The summed E-state index contributed by atoms with van der Waals surface area (Å²) in [5.41, 5.74) is 2.15. The van der Waals surface area contributed by atoms with Crippen molar-refractivity contribution in [1.29, 1.82) is 0 Å². The number of aromatic nitrogens is 2. The summed E-state index contributed by atoms with van der Waals surface area (Å²) in [5.74, 6) is 1.08. The van der Waals surface area contributed by atoms with Crippen molar-refractivity contribution in [2.75, 3.05) is 6.54 Å². The zero-order chi connectivity index (χ0) is 16.2. The van der Waals surface area contributed by atoms with Crippen molar-refractivity contribution in [3.8, 4) is 0 Å². The van der Waals surface area contributed by atoms with Gasteiger partial charge in [-0.1, -0.05) is 30.4 Å². The molecular weight excluding hydrogens is 286 g/mol.